The number of aromatic nitrogens is 3. The lowest BCUT2D eigenvalue weighted by Gasteiger charge is -2.08. The first-order valence-electron chi connectivity index (χ1n) is 6.28. The van der Waals surface area contributed by atoms with Gasteiger partial charge in [-0.2, -0.15) is 9.97 Å². The van der Waals surface area contributed by atoms with E-state index < -0.39 is 0 Å². The van der Waals surface area contributed by atoms with Crippen molar-refractivity contribution in [1.82, 2.24) is 15.0 Å². The fourth-order valence-electron chi connectivity index (χ4n) is 1.57. The van der Waals surface area contributed by atoms with Gasteiger partial charge in [0.05, 0.1) is 5.01 Å². The summed E-state index contributed by atoms with van der Waals surface area (Å²) >= 11 is 1.65. The van der Waals surface area contributed by atoms with Crippen molar-refractivity contribution in [3.05, 3.63) is 22.7 Å². The maximum atomic E-state index is 5.68. The molecule has 2 rings (SSSR count). The van der Waals surface area contributed by atoms with Crippen molar-refractivity contribution in [3.8, 4) is 0 Å². The summed E-state index contributed by atoms with van der Waals surface area (Å²) in [5.74, 6) is 1.77. The molecule has 0 bridgehead atoms. The van der Waals surface area contributed by atoms with Crippen molar-refractivity contribution in [2.24, 2.45) is 0 Å². The molecule has 0 saturated carbocycles. The number of nitrogens with one attached hydrogen (secondary N) is 2. The molecule has 0 amide bonds. The average Bonchev–Trinajstić information content (AvgIpc) is 2.89. The quantitative estimate of drug-likeness (QED) is 0.718. The number of nitrogens with zero attached hydrogens (tertiary/aromatic N) is 3. The third kappa shape index (κ3) is 4.36. The molecule has 6 nitrogen and oxygen atoms in total. The van der Waals surface area contributed by atoms with E-state index in [1.807, 2.05) is 17.6 Å². The summed E-state index contributed by atoms with van der Waals surface area (Å²) in [5, 5.41) is 9.52. The summed E-state index contributed by atoms with van der Waals surface area (Å²) in [6.45, 7) is 3.75. The minimum absolute atomic E-state index is 0.276. The highest BCUT2D eigenvalue weighted by atomic mass is 32.1. The first kappa shape index (κ1) is 13.5. The Morgan fingerprint density at radius 1 is 1.21 bits per heavy atom. The van der Waals surface area contributed by atoms with Crippen LogP contribution in [0.25, 0.3) is 0 Å². The fourth-order valence-corrected chi connectivity index (χ4v) is 2.19. The van der Waals surface area contributed by atoms with Gasteiger partial charge in [0, 0.05) is 37.2 Å². The van der Waals surface area contributed by atoms with Crippen LogP contribution in [0.15, 0.2) is 17.6 Å². The van der Waals surface area contributed by atoms with Crippen LogP contribution in [0.5, 0.6) is 0 Å². The first-order valence-corrected chi connectivity index (χ1v) is 7.16. The zero-order chi connectivity index (χ0) is 13.5. The van der Waals surface area contributed by atoms with E-state index in [9.17, 15) is 0 Å². The molecule has 0 atom stereocenters. The van der Waals surface area contributed by atoms with Gasteiger partial charge in [0.25, 0.3) is 0 Å². The van der Waals surface area contributed by atoms with Gasteiger partial charge in [-0.1, -0.05) is 6.92 Å². The normalized spacial score (nSPS) is 10.4. The summed E-state index contributed by atoms with van der Waals surface area (Å²) in [6.07, 6.45) is 3.73. The highest BCUT2D eigenvalue weighted by Crippen LogP contribution is 2.13. The molecular weight excluding hydrogens is 260 g/mol. The molecule has 0 fully saturated rings. The lowest BCUT2D eigenvalue weighted by Crippen LogP contribution is -2.10. The molecule has 0 aromatic carbocycles. The predicted octanol–water partition coefficient (Wildman–Crippen LogP) is 1.99. The zero-order valence-electron chi connectivity index (χ0n) is 10.9. The highest BCUT2D eigenvalue weighted by molar-refractivity contribution is 7.09. The van der Waals surface area contributed by atoms with Crippen LogP contribution < -0.4 is 16.4 Å². The van der Waals surface area contributed by atoms with Gasteiger partial charge >= 0.3 is 0 Å². The van der Waals surface area contributed by atoms with E-state index >= 15 is 0 Å². The van der Waals surface area contributed by atoms with Gasteiger partial charge in [-0.25, -0.2) is 4.98 Å². The van der Waals surface area contributed by atoms with Crippen LogP contribution in [-0.2, 0) is 6.42 Å². The van der Waals surface area contributed by atoms with Crippen LogP contribution >= 0.6 is 11.3 Å². The maximum absolute atomic E-state index is 5.68. The molecule has 2 aromatic rings. The van der Waals surface area contributed by atoms with Crippen LogP contribution in [-0.4, -0.2) is 28.0 Å². The van der Waals surface area contributed by atoms with Gasteiger partial charge in [0.15, 0.2) is 0 Å². The minimum Gasteiger partial charge on any atom is -0.370 e. The Morgan fingerprint density at radius 2 is 1.95 bits per heavy atom. The maximum Gasteiger partial charge on any atom is 0.223 e. The summed E-state index contributed by atoms with van der Waals surface area (Å²) in [5.41, 5.74) is 5.68. The average molecular weight is 278 g/mol. The number of rotatable bonds is 7. The Kier molecular flexibility index (Phi) is 4.91. The Balaban J connectivity index is 1.90. The second-order valence-electron chi connectivity index (χ2n) is 4.03. The van der Waals surface area contributed by atoms with Crippen LogP contribution in [0.1, 0.15) is 18.4 Å². The largest absolute Gasteiger partial charge is 0.370 e. The fraction of sp³-hybridized carbons (Fsp3) is 0.417. The van der Waals surface area contributed by atoms with Crippen LogP contribution in [0.4, 0.5) is 17.6 Å². The van der Waals surface area contributed by atoms with E-state index in [0.717, 1.165) is 42.6 Å². The number of hydrogen-bond donors (Lipinski definition) is 3. The van der Waals surface area contributed by atoms with Crippen LogP contribution in [0.2, 0.25) is 0 Å². The van der Waals surface area contributed by atoms with Gasteiger partial charge in [0.2, 0.25) is 5.95 Å². The number of thiazole rings is 1. The van der Waals surface area contributed by atoms with Crippen molar-refractivity contribution in [3.63, 3.8) is 0 Å². The zero-order valence-corrected chi connectivity index (χ0v) is 11.7. The summed E-state index contributed by atoms with van der Waals surface area (Å²) < 4.78 is 0. The second-order valence-corrected chi connectivity index (χ2v) is 5.01. The van der Waals surface area contributed by atoms with Gasteiger partial charge in [-0.05, 0) is 6.42 Å². The molecule has 19 heavy (non-hydrogen) atoms. The molecule has 0 unspecified atom stereocenters. The highest BCUT2D eigenvalue weighted by Gasteiger charge is 2.02. The molecule has 0 aliphatic rings. The van der Waals surface area contributed by atoms with Crippen LogP contribution in [0.3, 0.4) is 0 Å². The summed E-state index contributed by atoms with van der Waals surface area (Å²) in [6, 6.07) is 1.87. The minimum atomic E-state index is 0.276. The van der Waals surface area contributed by atoms with E-state index in [-0.39, 0.29) is 5.95 Å². The summed E-state index contributed by atoms with van der Waals surface area (Å²) in [7, 11) is 0. The molecule has 4 N–H and O–H groups in total. The number of hydrogen-bond acceptors (Lipinski definition) is 7. The Labute approximate surface area is 116 Å². The molecule has 0 aliphatic carbocycles. The van der Waals surface area contributed by atoms with E-state index in [0.29, 0.717) is 0 Å². The Morgan fingerprint density at radius 3 is 2.58 bits per heavy atom. The van der Waals surface area contributed by atoms with Crippen molar-refractivity contribution in [2.75, 3.05) is 29.5 Å². The third-order valence-corrected chi connectivity index (χ3v) is 3.27. The van der Waals surface area contributed by atoms with E-state index in [1.165, 1.54) is 0 Å². The molecule has 0 spiro atoms. The molecule has 2 aromatic heterocycles. The standard InChI is InChI=1S/C12H18N6S/c1-2-4-14-9-8-10(18-12(13)17-9)15-5-3-11-16-6-7-19-11/h6-8H,2-5H2,1H3,(H4,13,14,15,17,18). The van der Waals surface area contributed by atoms with Crippen molar-refractivity contribution < 1.29 is 0 Å². The summed E-state index contributed by atoms with van der Waals surface area (Å²) in [4.78, 5) is 12.5. The lowest BCUT2D eigenvalue weighted by atomic mass is 10.4. The number of nitrogen functional groups attached to an aromatic ring is 1. The monoisotopic (exact) mass is 278 g/mol. The van der Waals surface area contributed by atoms with Gasteiger partial charge in [0.1, 0.15) is 11.6 Å². The molecule has 0 radical (unpaired) electrons. The number of nitrogens with two attached hydrogens (primary N) is 1. The van der Waals surface area contributed by atoms with Crippen molar-refractivity contribution in [2.45, 2.75) is 19.8 Å². The lowest BCUT2D eigenvalue weighted by molar-refractivity contribution is 0.960. The molecule has 0 aliphatic heterocycles. The third-order valence-electron chi connectivity index (χ3n) is 2.43. The number of anilines is 3. The van der Waals surface area contributed by atoms with Gasteiger partial charge in [-0.15, -0.1) is 11.3 Å². The van der Waals surface area contributed by atoms with Gasteiger partial charge in [-0.3, -0.25) is 0 Å². The SMILES string of the molecule is CCCNc1cc(NCCc2nccs2)nc(N)n1. The topological polar surface area (TPSA) is 88.8 Å². The van der Waals surface area contributed by atoms with Crippen LogP contribution in [0, 0.1) is 0 Å². The molecule has 7 heteroatoms. The first-order chi connectivity index (χ1) is 9.28. The van der Waals surface area contributed by atoms with Crippen molar-refractivity contribution >= 4 is 28.9 Å². The molecular formula is C12H18N6S. The molecule has 2 heterocycles. The smallest absolute Gasteiger partial charge is 0.223 e. The van der Waals surface area contributed by atoms with E-state index in [2.05, 4.69) is 32.5 Å². The Bertz CT molecular complexity index is 499. The van der Waals surface area contributed by atoms with E-state index in [1.54, 1.807) is 11.3 Å². The molecule has 102 valence electrons. The van der Waals surface area contributed by atoms with Gasteiger partial charge < -0.3 is 16.4 Å². The molecule has 0 saturated heterocycles. The predicted molar refractivity (Wildman–Crippen MR) is 79.5 cm³/mol. The second kappa shape index (κ2) is 6.89. The van der Waals surface area contributed by atoms with Crippen molar-refractivity contribution in [1.29, 1.82) is 0 Å². The Hall–Kier alpha value is -1.89. The van der Waals surface area contributed by atoms with E-state index in [4.69, 9.17) is 5.73 Å².